The van der Waals surface area contributed by atoms with Crippen LogP contribution in [0.2, 0.25) is 0 Å². The molecule has 1 atom stereocenters. The molecule has 1 heterocycles. The van der Waals surface area contributed by atoms with Gasteiger partial charge in [0.25, 0.3) is 0 Å². The van der Waals surface area contributed by atoms with Crippen molar-refractivity contribution in [2.75, 3.05) is 13.1 Å². The van der Waals surface area contributed by atoms with E-state index in [1.54, 1.807) is 0 Å². The van der Waals surface area contributed by atoms with Crippen molar-refractivity contribution in [1.29, 1.82) is 0 Å². The second kappa shape index (κ2) is 4.94. The van der Waals surface area contributed by atoms with Crippen LogP contribution in [0.25, 0.3) is 0 Å². The van der Waals surface area contributed by atoms with Crippen LogP contribution in [-0.2, 0) is 16.0 Å². The minimum atomic E-state index is -0.130. The molecule has 0 amide bonds. The van der Waals surface area contributed by atoms with E-state index in [9.17, 15) is 4.79 Å². The Morgan fingerprint density at radius 2 is 2.20 bits per heavy atom. The molecule has 1 aromatic rings. The Hall–Kier alpha value is -1.35. The molecule has 1 N–H and O–H groups in total. The first-order valence-electron chi connectivity index (χ1n) is 5.29. The predicted molar refractivity (Wildman–Crippen MR) is 57.5 cm³/mol. The molecule has 1 saturated heterocycles. The molecule has 80 valence electrons. The van der Waals surface area contributed by atoms with Crippen molar-refractivity contribution >= 4 is 5.97 Å². The Morgan fingerprint density at radius 3 is 2.87 bits per heavy atom. The lowest BCUT2D eigenvalue weighted by atomic mass is 10.1. The van der Waals surface area contributed by atoms with Crippen LogP contribution in [0.15, 0.2) is 30.3 Å². The minimum Gasteiger partial charge on any atom is -0.461 e. The largest absolute Gasteiger partial charge is 0.461 e. The van der Waals surface area contributed by atoms with E-state index < -0.39 is 0 Å². The number of carbonyl (C=O) groups excluding carboxylic acids is 1. The highest BCUT2D eigenvalue weighted by molar-refractivity contribution is 5.72. The average molecular weight is 205 g/mol. The Balaban J connectivity index is 1.82. The SMILES string of the molecule is O=C(Cc1ccccc1)OC1CCNC1. The Labute approximate surface area is 89.4 Å². The van der Waals surface area contributed by atoms with E-state index in [1.807, 2.05) is 30.3 Å². The molecule has 1 aromatic carbocycles. The summed E-state index contributed by atoms with van der Waals surface area (Å²) in [4.78, 5) is 11.5. The van der Waals surface area contributed by atoms with Crippen molar-refractivity contribution in [3.63, 3.8) is 0 Å². The smallest absolute Gasteiger partial charge is 0.310 e. The molecule has 1 unspecified atom stereocenters. The number of hydrogen-bond donors (Lipinski definition) is 1. The maximum Gasteiger partial charge on any atom is 0.310 e. The molecule has 3 nitrogen and oxygen atoms in total. The van der Waals surface area contributed by atoms with Gasteiger partial charge in [0.1, 0.15) is 6.10 Å². The van der Waals surface area contributed by atoms with Gasteiger partial charge in [-0.2, -0.15) is 0 Å². The van der Waals surface area contributed by atoms with Crippen molar-refractivity contribution in [3.8, 4) is 0 Å². The number of hydrogen-bond acceptors (Lipinski definition) is 3. The lowest BCUT2D eigenvalue weighted by molar-refractivity contribution is -0.147. The van der Waals surface area contributed by atoms with E-state index in [0.717, 1.165) is 25.1 Å². The van der Waals surface area contributed by atoms with Crippen molar-refractivity contribution < 1.29 is 9.53 Å². The number of esters is 1. The van der Waals surface area contributed by atoms with Crippen LogP contribution in [0.3, 0.4) is 0 Å². The highest BCUT2D eigenvalue weighted by Gasteiger charge is 2.18. The molecule has 0 radical (unpaired) electrons. The lowest BCUT2D eigenvalue weighted by Gasteiger charge is -2.10. The van der Waals surface area contributed by atoms with E-state index in [1.165, 1.54) is 0 Å². The van der Waals surface area contributed by atoms with Crippen LogP contribution in [-0.4, -0.2) is 25.2 Å². The molecule has 0 bridgehead atoms. The van der Waals surface area contributed by atoms with Gasteiger partial charge < -0.3 is 10.1 Å². The number of rotatable bonds is 3. The summed E-state index contributed by atoms with van der Waals surface area (Å²) >= 11 is 0. The van der Waals surface area contributed by atoms with Crippen molar-refractivity contribution in [2.45, 2.75) is 18.9 Å². The first kappa shape index (κ1) is 10.2. The molecule has 1 fully saturated rings. The van der Waals surface area contributed by atoms with E-state index in [0.29, 0.717) is 6.42 Å². The van der Waals surface area contributed by atoms with Gasteiger partial charge in [0.2, 0.25) is 0 Å². The summed E-state index contributed by atoms with van der Waals surface area (Å²) in [5.41, 5.74) is 1.01. The van der Waals surface area contributed by atoms with Gasteiger partial charge in [-0.1, -0.05) is 30.3 Å². The zero-order chi connectivity index (χ0) is 10.5. The summed E-state index contributed by atoms with van der Waals surface area (Å²) < 4.78 is 5.31. The quantitative estimate of drug-likeness (QED) is 0.752. The fraction of sp³-hybridized carbons (Fsp3) is 0.417. The molecule has 0 aliphatic carbocycles. The summed E-state index contributed by atoms with van der Waals surface area (Å²) in [5.74, 6) is -0.130. The second-order valence-corrected chi connectivity index (χ2v) is 3.77. The monoisotopic (exact) mass is 205 g/mol. The number of nitrogens with one attached hydrogen (secondary N) is 1. The molecule has 0 saturated carbocycles. The maximum absolute atomic E-state index is 11.5. The van der Waals surface area contributed by atoms with E-state index in [4.69, 9.17) is 4.74 Å². The third-order valence-electron chi connectivity index (χ3n) is 2.50. The molecule has 15 heavy (non-hydrogen) atoms. The van der Waals surface area contributed by atoms with Crippen LogP contribution in [0.5, 0.6) is 0 Å². The molecule has 2 rings (SSSR count). The van der Waals surface area contributed by atoms with Gasteiger partial charge in [-0.3, -0.25) is 4.79 Å². The number of benzene rings is 1. The average Bonchev–Trinajstić information content (AvgIpc) is 2.71. The second-order valence-electron chi connectivity index (χ2n) is 3.77. The normalized spacial score (nSPS) is 20.1. The predicted octanol–water partition coefficient (Wildman–Crippen LogP) is 1.13. The summed E-state index contributed by atoms with van der Waals surface area (Å²) in [5, 5.41) is 3.16. The van der Waals surface area contributed by atoms with Crippen LogP contribution in [0, 0.1) is 0 Å². The number of ether oxygens (including phenoxy) is 1. The zero-order valence-electron chi connectivity index (χ0n) is 8.61. The van der Waals surface area contributed by atoms with Gasteiger partial charge in [0, 0.05) is 6.54 Å². The van der Waals surface area contributed by atoms with Crippen molar-refractivity contribution in [2.24, 2.45) is 0 Å². The summed E-state index contributed by atoms with van der Waals surface area (Å²) in [7, 11) is 0. The fourth-order valence-corrected chi connectivity index (χ4v) is 1.72. The fourth-order valence-electron chi connectivity index (χ4n) is 1.72. The summed E-state index contributed by atoms with van der Waals surface area (Å²) in [6, 6.07) is 9.68. The number of carbonyl (C=O) groups is 1. The molecule has 1 aliphatic heterocycles. The van der Waals surface area contributed by atoms with Gasteiger partial charge in [0.15, 0.2) is 0 Å². The van der Waals surface area contributed by atoms with Crippen LogP contribution >= 0.6 is 0 Å². The van der Waals surface area contributed by atoms with E-state index in [2.05, 4.69) is 5.32 Å². The molecular formula is C12H15NO2. The molecular weight excluding hydrogens is 190 g/mol. The summed E-state index contributed by atoms with van der Waals surface area (Å²) in [6.45, 7) is 1.74. The third kappa shape index (κ3) is 3.06. The molecule has 0 spiro atoms. The van der Waals surface area contributed by atoms with Gasteiger partial charge in [-0.05, 0) is 18.5 Å². The lowest BCUT2D eigenvalue weighted by Crippen LogP contribution is -2.21. The van der Waals surface area contributed by atoms with Gasteiger partial charge in [0.05, 0.1) is 6.42 Å². The van der Waals surface area contributed by atoms with Gasteiger partial charge in [-0.15, -0.1) is 0 Å². The van der Waals surface area contributed by atoms with Crippen LogP contribution in [0.1, 0.15) is 12.0 Å². The van der Waals surface area contributed by atoms with Crippen LogP contribution in [0.4, 0.5) is 0 Å². The van der Waals surface area contributed by atoms with Crippen molar-refractivity contribution in [1.82, 2.24) is 5.32 Å². The van der Waals surface area contributed by atoms with E-state index >= 15 is 0 Å². The van der Waals surface area contributed by atoms with Crippen LogP contribution < -0.4 is 5.32 Å². The maximum atomic E-state index is 11.5. The zero-order valence-corrected chi connectivity index (χ0v) is 8.61. The van der Waals surface area contributed by atoms with Gasteiger partial charge in [-0.25, -0.2) is 0 Å². The topological polar surface area (TPSA) is 38.3 Å². The minimum absolute atomic E-state index is 0.0706. The highest BCUT2D eigenvalue weighted by Crippen LogP contribution is 2.06. The Morgan fingerprint density at radius 1 is 1.40 bits per heavy atom. The first-order chi connectivity index (χ1) is 7.34. The Bertz CT molecular complexity index is 318. The van der Waals surface area contributed by atoms with E-state index in [-0.39, 0.29) is 12.1 Å². The third-order valence-corrected chi connectivity index (χ3v) is 2.50. The Kier molecular flexibility index (Phi) is 3.35. The standard InChI is InChI=1S/C12H15NO2/c14-12(15-11-6-7-13-9-11)8-10-4-2-1-3-5-10/h1-5,11,13H,6-9H2. The van der Waals surface area contributed by atoms with Crippen molar-refractivity contribution in [3.05, 3.63) is 35.9 Å². The summed E-state index contributed by atoms with van der Waals surface area (Å²) in [6.07, 6.45) is 1.37. The molecule has 3 heteroatoms. The first-order valence-corrected chi connectivity index (χ1v) is 5.29. The molecule has 0 aromatic heterocycles. The highest BCUT2D eigenvalue weighted by atomic mass is 16.5. The van der Waals surface area contributed by atoms with Gasteiger partial charge >= 0.3 is 5.97 Å². The molecule has 1 aliphatic rings.